The Balaban J connectivity index is 0.000000873. The average molecular weight is 274 g/mol. The van der Waals surface area contributed by atoms with Gasteiger partial charge in [-0.05, 0) is 0 Å². The largest absolute Gasteiger partial charge is 0.554 e. The maximum absolute atomic E-state index is 9.52. The Kier molecular flexibility index (Phi) is 8.37. The molecule has 0 aliphatic heterocycles. The van der Waals surface area contributed by atoms with E-state index < -0.39 is 12.6 Å². The molecule has 1 aromatic rings. The predicted octanol–water partition coefficient (Wildman–Crippen LogP) is 0.229. The van der Waals surface area contributed by atoms with Gasteiger partial charge >= 0.3 is 0 Å². The van der Waals surface area contributed by atoms with Crippen LogP contribution in [0.15, 0.2) is 30.3 Å². The van der Waals surface area contributed by atoms with Gasteiger partial charge in [0.15, 0.2) is 0 Å². The van der Waals surface area contributed by atoms with Crippen LogP contribution in [0.1, 0.15) is 5.56 Å². The summed E-state index contributed by atoms with van der Waals surface area (Å²) in [4.78, 5) is 8.25. The van der Waals surface area contributed by atoms with Gasteiger partial charge in [0.05, 0.1) is 20.0 Å². The number of nitrogens with zero attached hydrogens (tertiary/aromatic N) is 1. The maximum Gasteiger partial charge on any atom is 0.116 e. The first-order chi connectivity index (χ1) is 8.45. The normalized spacial score (nSPS) is 12.2. The molecule has 0 aliphatic rings. The molecule has 0 heterocycles. The molecule has 0 aliphatic carbocycles. The molecular formula is C13H20ClNO3. The van der Waals surface area contributed by atoms with E-state index in [0.29, 0.717) is 12.4 Å². The molecule has 0 saturated carbocycles. The van der Waals surface area contributed by atoms with Crippen LogP contribution in [0.5, 0.6) is 0 Å². The quantitative estimate of drug-likeness (QED) is 0.475. The van der Waals surface area contributed by atoms with E-state index in [1.54, 1.807) is 0 Å². The molecule has 1 N–H and O–H groups in total. The summed E-state index contributed by atoms with van der Waals surface area (Å²) in [5.74, 6) is 0.302. The van der Waals surface area contributed by atoms with Crippen molar-refractivity contribution in [3.05, 3.63) is 35.9 Å². The molecule has 0 spiro atoms. The summed E-state index contributed by atoms with van der Waals surface area (Å²) in [6, 6.07) is 10.3. The Hall–Kier alpha value is -1.10. The van der Waals surface area contributed by atoms with Gasteiger partial charge in [0, 0.05) is 12.0 Å². The number of hydrogen-bond acceptors (Lipinski definition) is 3. The van der Waals surface area contributed by atoms with Gasteiger partial charge in [0.2, 0.25) is 0 Å². The highest BCUT2D eigenvalue weighted by Crippen LogP contribution is 2.10. The van der Waals surface area contributed by atoms with E-state index in [0.717, 1.165) is 11.0 Å². The number of rotatable bonds is 5. The summed E-state index contributed by atoms with van der Waals surface area (Å²) >= 11 is 5.60. The lowest BCUT2D eigenvalue weighted by Gasteiger charge is -2.31. The molecule has 0 fully saturated rings. The van der Waals surface area contributed by atoms with E-state index in [1.165, 1.54) is 5.56 Å². The number of aliphatic hydroxyl groups is 1. The van der Waals surface area contributed by atoms with Crippen molar-refractivity contribution >= 4 is 18.1 Å². The third-order valence-corrected chi connectivity index (χ3v) is 2.69. The first kappa shape index (κ1) is 16.9. The van der Waals surface area contributed by atoms with Gasteiger partial charge in [-0.2, -0.15) is 0 Å². The third-order valence-electron chi connectivity index (χ3n) is 2.34. The van der Waals surface area contributed by atoms with Gasteiger partial charge in [0.25, 0.3) is 0 Å². The van der Waals surface area contributed by atoms with Gasteiger partial charge in [-0.15, -0.1) is 11.6 Å². The number of hydrogen-bond donors (Lipinski definition) is 1. The highest BCUT2D eigenvalue weighted by atomic mass is 35.5. The lowest BCUT2D eigenvalue weighted by Crippen LogP contribution is -2.45. The van der Waals surface area contributed by atoms with Gasteiger partial charge < -0.3 is 19.5 Å². The summed E-state index contributed by atoms with van der Waals surface area (Å²) in [6.45, 7) is 1.09. The molecule has 18 heavy (non-hydrogen) atoms. The molecular weight excluding hydrogens is 254 g/mol. The molecule has 1 rings (SSSR count). The molecule has 0 aromatic heterocycles. The van der Waals surface area contributed by atoms with Crippen LogP contribution in [0.25, 0.3) is 0 Å². The SMILES string of the molecule is C[N+](C)(Cc1ccccc1)CC(O)CCl.O=C[O-]. The van der Waals surface area contributed by atoms with Crippen molar-refractivity contribution in [3.8, 4) is 0 Å². The van der Waals surface area contributed by atoms with Crippen LogP contribution in [0.3, 0.4) is 0 Å². The third kappa shape index (κ3) is 8.06. The Morgan fingerprint density at radius 3 is 2.33 bits per heavy atom. The minimum absolute atomic E-state index is 0.302. The van der Waals surface area contributed by atoms with Crippen molar-refractivity contribution in [2.24, 2.45) is 0 Å². The predicted molar refractivity (Wildman–Crippen MR) is 69.9 cm³/mol. The Morgan fingerprint density at radius 2 is 1.89 bits per heavy atom. The number of carbonyl (C=O) groups is 1. The standard InChI is InChI=1S/C12H19ClNO.CH2O2/c1-14(2,10-12(15)8-13)9-11-6-4-3-5-7-11;2-1-3/h3-7,12,15H,8-10H2,1-2H3;1H,(H,2,3)/q+1;/p-1. The highest BCUT2D eigenvalue weighted by molar-refractivity contribution is 6.18. The van der Waals surface area contributed by atoms with Crippen LogP contribution in [-0.4, -0.2) is 48.7 Å². The number of halogens is 1. The summed E-state index contributed by atoms with van der Waals surface area (Å²) < 4.78 is 0.748. The van der Waals surface area contributed by atoms with Crippen molar-refractivity contribution in [1.82, 2.24) is 0 Å². The molecule has 4 nitrogen and oxygen atoms in total. The van der Waals surface area contributed by atoms with Crippen molar-refractivity contribution < 1.29 is 19.5 Å². The Labute approximate surface area is 113 Å². The zero-order valence-electron chi connectivity index (χ0n) is 10.8. The van der Waals surface area contributed by atoms with Crippen LogP contribution in [0.2, 0.25) is 0 Å². The second-order valence-corrected chi connectivity index (χ2v) is 4.97. The van der Waals surface area contributed by atoms with Crippen LogP contribution in [-0.2, 0) is 11.3 Å². The second-order valence-electron chi connectivity index (χ2n) is 4.67. The van der Waals surface area contributed by atoms with Crippen LogP contribution >= 0.6 is 11.6 Å². The molecule has 0 saturated heterocycles. The molecule has 102 valence electrons. The topological polar surface area (TPSA) is 60.4 Å². The van der Waals surface area contributed by atoms with Crippen molar-refractivity contribution in [3.63, 3.8) is 0 Å². The minimum atomic E-state index is -0.500. The summed E-state index contributed by atoms with van der Waals surface area (Å²) in [7, 11) is 4.20. The molecule has 0 bridgehead atoms. The van der Waals surface area contributed by atoms with Crippen molar-refractivity contribution in [2.45, 2.75) is 12.6 Å². The molecule has 1 aromatic carbocycles. The Morgan fingerprint density at radius 1 is 1.39 bits per heavy atom. The zero-order chi connectivity index (χ0) is 14.0. The molecule has 1 unspecified atom stereocenters. The molecule has 1 atom stereocenters. The number of benzene rings is 1. The van der Waals surface area contributed by atoms with E-state index in [1.807, 2.05) is 18.2 Å². The van der Waals surface area contributed by atoms with E-state index >= 15 is 0 Å². The van der Waals surface area contributed by atoms with Gasteiger partial charge in [-0.25, -0.2) is 0 Å². The lowest BCUT2D eigenvalue weighted by molar-refractivity contribution is -0.906. The minimum Gasteiger partial charge on any atom is -0.554 e. The van der Waals surface area contributed by atoms with Crippen molar-refractivity contribution in [2.75, 3.05) is 26.5 Å². The molecule has 0 radical (unpaired) electrons. The van der Waals surface area contributed by atoms with Gasteiger partial charge in [0.1, 0.15) is 19.2 Å². The maximum atomic E-state index is 9.52. The van der Waals surface area contributed by atoms with Crippen LogP contribution < -0.4 is 5.11 Å². The van der Waals surface area contributed by atoms with Crippen molar-refractivity contribution in [1.29, 1.82) is 0 Å². The van der Waals surface area contributed by atoms with E-state index in [2.05, 4.69) is 26.2 Å². The molecule has 5 heteroatoms. The fourth-order valence-electron chi connectivity index (χ4n) is 1.76. The van der Waals surface area contributed by atoms with E-state index in [9.17, 15) is 5.11 Å². The number of alkyl halides is 1. The first-order valence-corrected chi connectivity index (χ1v) is 6.14. The lowest BCUT2D eigenvalue weighted by atomic mass is 10.2. The second kappa shape index (κ2) is 8.91. The van der Waals surface area contributed by atoms with Gasteiger partial charge in [-0.1, -0.05) is 30.3 Å². The number of quaternary nitrogens is 1. The smallest absolute Gasteiger partial charge is 0.116 e. The highest BCUT2D eigenvalue weighted by Gasteiger charge is 2.20. The number of carboxylic acid groups (broad SMARTS) is 1. The first-order valence-electron chi connectivity index (χ1n) is 5.60. The summed E-state index contributed by atoms with van der Waals surface area (Å²) in [6.07, 6.45) is -0.426. The zero-order valence-corrected chi connectivity index (χ0v) is 11.5. The van der Waals surface area contributed by atoms with Gasteiger partial charge in [-0.3, -0.25) is 0 Å². The molecule has 0 amide bonds. The van der Waals surface area contributed by atoms with E-state index in [-0.39, 0.29) is 0 Å². The summed E-state index contributed by atoms with van der Waals surface area (Å²) in [5, 5.41) is 17.8. The fraction of sp³-hybridized carbons (Fsp3) is 0.462. The monoisotopic (exact) mass is 273 g/mol. The number of carbonyl (C=O) groups excluding carboxylic acids is 1. The average Bonchev–Trinajstić information content (AvgIpc) is 2.30. The Bertz CT molecular complexity index is 330. The van der Waals surface area contributed by atoms with Crippen LogP contribution in [0.4, 0.5) is 0 Å². The fourth-order valence-corrected chi connectivity index (χ4v) is 1.86. The summed E-state index contributed by atoms with van der Waals surface area (Å²) in [5.41, 5.74) is 1.28. The number of likely N-dealkylation sites (N-methyl/N-ethyl adjacent to an activating group) is 1. The number of aliphatic hydroxyl groups excluding tert-OH is 1. The van der Waals surface area contributed by atoms with E-state index in [4.69, 9.17) is 21.5 Å². The van der Waals surface area contributed by atoms with Crippen LogP contribution in [0, 0.1) is 0 Å².